The number of hydrogen-bond donors (Lipinski definition) is 0. The minimum Gasteiger partial charge on any atom is -0.253 e. The highest BCUT2D eigenvalue weighted by Gasteiger charge is 2.46. The minimum absolute atomic E-state index is 0.232. The number of allylic oxidation sites excluding steroid dienone is 14. The number of hydrogen-bond acceptors (Lipinski definition) is 3. The first-order chi connectivity index (χ1) is 37.2. The van der Waals surface area contributed by atoms with Crippen molar-refractivity contribution in [3.05, 3.63) is 317 Å². The molecule has 0 radical (unpaired) electrons. The Balaban J connectivity index is 0.770. The summed E-state index contributed by atoms with van der Waals surface area (Å²) in [5.74, 6) is 0.475. The molecule has 0 N–H and O–H groups in total. The predicted molar refractivity (Wildman–Crippen MR) is 309 cm³/mol. The molecule has 5 aliphatic carbocycles. The van der Waals surface area contributed by atoms with Crippen LogP contribution in [-0.2, 0) is 5.41 Å². The van der Waals surface area contributed by atoms with Crippen molar-refractivity contribution in [2.75, 3.05) is 0 Å². The van der Waals surface area contributed by atoms with Crippen LogP contribution in [0.4, 0.5) is 0 Å². The van der Waals surface area contributed by atoms with E-state index in [9.17, 15) is 0 Å². The van der Waals surface area contributed by atoms with Gasteiger partial charge in [-0.15, -0.1) is 0 Å². The van der Waals surface area contributed by atoms with E-state index in [1.807, 2.05) is 12.3 Å². The third-order valence-electron chi connectivity index (χ3n) is 16.7. The Morgan fingerprint density at radius 1 is 0.400 bits per heavy atom. The van der Waals surface area contributed by atoms with Crippen LogP contribution in [0.3, 0.4) is 0 Å². The maximum atomic E-state index is 5.47. The second-order valence-electron chi connectivity index (χ2n) is 20.6. The monoisotopic (exact) mass is 951 g/mol. The molecule has 3 heteroatoms. The normalized spacial score (nSPS) is 17.6. The van der Waals surface area contributed by atoms with Gasteiger partial charge < -0.3 is 0 Å². The van der Waals surface area contributed by atoms with Crippen molar-refractivity contribution in [1.29, 1.82) is 0 Å². The first kappa shape index (κ1) is 42.0. The maximum Gasteiger partial charge on any atom is 0.0972 e. The standard InChI is InChI=1S/C72H45N3/c1-4-14-45(15-5-1)65-37-34-48-29-31-51-40-53(43-73-70(51)71(48)74-65)56-35-32-46-26-30-49-38-52(39-50-33-36-59(56)68(46)67(49)50)44-24-27-47(28-25-44)69-62-41-61-57-20-10-12-22-63(57)72(54-16-6-2-7-17-54,55-18-8-3-9-19-55)64(61)42-60(62)58-21-11-13-23-66(58)75-69/h1-43,67-68H. The summed E-state index contributed by atoms with van der Waals surface area (Å²) in [6.45, 7) is 0. The average Bonchev–Trinajstić information content (AvgIpc) is 3.79. The van der Waals surface area contributed by atoms with Gasteiger partial charge in [0.1, 0.15) is 0 Å². The number of para-hydroxylation sites is 1. The lowest BCUT2D eigenvalue weighted by Crippen LogP contribution is -2.29. The highest BCUT2D eigenvalue weighted by molar-refractivity contribution is 6.14. The summed E-state index contributed by atoms with van der Waals surface area (Å²) in [7, 11) is 0. The summed E-state index contributed by atoms with van der Waals surface area (Å²) in [6, 6.07) is 75.1. The molecule has 3 heterocycles. The van der Waals surface area contributed by atoms with Crippen LogP contribution in [0.1, 0.15) is 33.4 Å². The lowest BCUT2D eigenvalue weighted by atomic mass is 9.62. The first-order valence-electron chi connectivity index (χ1n) is 26.1. The largest absolute Gasteiger partial charge is 0.253 e. The number of pyridine rings is 3. The Morgan fingerprint density at radius 3 is 1.92 bits per heavy atom. The van der Waals surface area contributed by atoms with E-state index in [-0.39, 0.29) is 11.8 Å². The van der Waals surface area contributed by atoms with E-state index in [1.54, 1.807) is 0 Å². The van der Waals surface area contributed by atoms with Crippen LogP contribution in [0.5, 0.6) is 0 Å². The van der Waals surface area contributed by atoms with Gasteiger partial charge in [0.2, 0.25) is 0 Å². The summed E-state index contributed by atoms with van der Waals surface area (Å²) in [6.07, 6.45) is 20.9. The fourth-order valence-electron chi connectivity index (χ4n) is 13.3. The van der Waals surface area contributed by atoms with Gasteiger partial charge in [-0.2, -0.15) is 0 Å². The van der Waals surface area contributed by atoms with Crippen molar-refractivity contribution >= 4 is 54.6 Å². The molecule has 11 aromatic rings. The second kappa shape index (κ2) is 16.2. The lowest BCUT2D eigenvalue weighted by molar-refractivity contribution is 0.568. The molecule has 3 nitrogen and oxygen atoms in total. The molecule has 2 unspecified atom stereocenters. The van der Waals surface area contributed by atoms with Crippen LogP contribution in [0.2, 0.25) is 0 Å². The smallest absolute Gasteiger partial charge is 0.0972 e. The predicted octanol–water partition coefficient (Wildman–Crippen LogP) is 17.2. The minimum atomic E-state index is -0.486. The molecule has 16 rings (SSSR count). The van der Waals surface area contributed by atoms with Crippen LogP contribution in [0.15, 0.2) is 283 Å². The summed E-state index contributed by atoms with van der Waals surface area (Å²) < 4.78 is 0. The molecular formula is C72H45N3. The van der Waals surface area contributed by atoms with Crippen molar-refractivity contribution in [2.24, 2.45) is 11.8 Å². The van der Waals surface area contributed by atoms with Gasteiger partial charge in [-0.1, -0.05) is 225 Å². The molecule has 0 fully saturated rings. The van der Waals surface area contributed by atoms with Crippen molar-refractivity contribution < 1.29 is 0 Å². The Kier molecular flexibility index (Phi) is 9.08. The van der Waals surface area contributed by atoms with Gasteiger partial charge >= 0.3 is 0 Å². The topological polar surface area (TPSA) is 38.7 Å². The molecule has 0 saturated carbocycles. The number of rotatable bonds is 6. The number of nitrogens with zero attached hydrogens (tertiary/aromatic N) is 3. The van der Waals surface area contributed by atoms with Gasteiger partial charge in [-0.25, -0.2) is 9.97 Å². The van der Waals surface area contributed by atoms with Crippen LogP contribution >= 0.6 is 0 Å². The van der Waals surface area contributed by atoms with Crippen LogP contribution in [0, 0.1) is 11.8 Å². The zero-order valence-corrected chi connectivity index (χ0v) is 40.8. The first-order valence-corrected chi connectivity index (χ1v) is 26.1. The van der Waals surface area contributed by atoms with E-state index in [0.29, 0.717) is 0 Å². The van der Waals surface area contributed by atoms with E-state index >= 15 is 0 Å². The number of aromatic nitrogens is 3. The molecule has 0 bridgehead atoms. The second-order valence-corrected chi connectivity index (χ2v) is 20.6. The molecule has 0 amide bonds. The maximum absolute atomic E-state index is 5.47. The van der Waals surface area contributed by atoms with Gasteiger partial charge in [0.25, 0.3) is 0 Å². The highest BCUT2D eigenvalue weighted by atomic mass is 14.8. The van der Waals surface area contributed by atoms with Gasteiger partial charge in [-0.05, 0) is 108 Å². The van der Waals surface area contributed by atoms with E-state index in [4.69, 9.17) is 15.0 Å². The summed E-state index contributed by atoms with van der Waals surface area (Å²) in [5.41, 5.74) is 24.3. The van der Waals surface area contributed by atoms with Crippen LogP contribution < -0.4 is 0 Å². The van der Waals surface area contributed by atoms with Gasteiger partial charge in [0.05, 0.1) is 33.4 Å². The van der Waals surface area contributed by atoms with Gasteiger partial charge in [0, 0.05) is 56.3 Å². The SMILES string of the molecule is C1=CC2=CC=C(c3cnc4c(ccc5ccc(-c6ccccc6)nc54)c3)C3=CC=C4C=C(c5ccc(-c6nc7ccccc7c7cc8c(cc67)-c6ccccc6C8(c6ccccc6)c6ccccc6)cc5)C=C1C4C23. The summed E-state index contributed by atoms with van der Waals surface area (Å²) in [4.78, 5) is 15.7. The van der Waals surface area contributed by atoms with Crippen LogP contribution in [0.25, 0.3) is 88.3 Å². The molecule has 3 aromatic heterocycles. The molecule has 8 aromatic carbocycles. The molecule has 348 valence electrons. The third kappa shape index (κ3) is 6.25. The Bertz CT molecular complexity index is 4450. The molecule has 0 saturated heterocycles. The zero-order chi connectivity index (χ0) is 49.2. The molecule has 75 heavy (non-hydrogen) atoms. The zero-order valence-electron chi connectivity index (χ0n) is 40.8. The molecule has 0 spiro atoms. The Morgan fingerprint density at radius 2 is 1.09 bits per heavy atom. The van der Waals surface area contributed by atoms with E-state index in [2.05, 4.69) is 249 Å². The molecular weight excluding hydrogens is 907 g/mol. The third-order valence-corrected chi connectivity index (χ3v) is 16.7. The Hall–Kier alpha value is -9.57. The number of benzene rings is 8. The highest BCUT2D eigenvalue weighted by Crippen LogP contribution is 2.58. The fourth-order valence-corrected chi connectivity index (χ4v) is 13.3. The Labute approximate surface area is 435 Å². The molecule has 2 atom stereocenters. The van der Waals surface area contributed by atoms with Crippen molar-refractivity contribution in [2.45, 2.75) is 5.41 Å². The lowest BCUT2D eigenvalue weighted by Gasteiger charge is -2.41. The van der Waals surface area contributed by atoms with Gasteiger partial charge in [0.15, 0.2) is 0 Å². The van der Waals surface area contributed by atoms with E-state index in [1.165, 1.54) is 77.8 Å². The van der Waals surface area contributed by atoms with Crippen molar-refractivity contribution in [1.82, 2.24) is 15.0 Å². The van der Waals surface area contributed by atoms with E-state index in [0.717, 1.165) is 66.2 Å². The van der Waals surface area contributed by atoms with E-state index < -0.39 is 5.41 Å². The average molecular weight is 952 g/mol. The van der Waals surface area contributed by atoms with Crippen molar-refractivity contribution in [3.8, 4) is 33.6 Å². The number of fused-ring (bicyclic) bond motifs is 9. The van der Waals surface area contributed by atoms with Crippen LogP contribution in [-0.4, -0.2) is 15.0 Å². The summed E-state index contributed by atoms with van der Waals surface area (Å²) >= 11 is 0. The fraction of sp³-hybridized carbons (Fsp3) is 0.0417. The molecule has 0 aliphatic heterocycles. The molecule has 5 aliphatic rings. The quantitative estimate of drug-likeness (QED) is 0.156. The van der Waals surface area contributed by atoms with Crippen molar-refractivity contribution in [3.63, 3.8) is 0 Å². The van der Waals surface area contributed by atoms with Gasteiger partial charge in [-0.3, -0.25) is 4.98 Å². The summed E-state index contributed by atoms with van der Waals surface area (Å²) in [5, 5.41) is 5.71.